The fraction of sp³-hybridized carbons (Fsp3) is 0.538. The van der Waals surface area contributed by atoms with Crippen LogP contribution in [0.3, 0.4) is 0 Å². The molecule has 3 fully saturated rings. The number of amides is 1. The lowest BCUT2D eigenvalue weighted by Gasteiger charge is -2.16. The lowest BCUT2D eigenvalue weighted by Crippen LogP contribution is -2.19. The molecule has 1 aromatic heterocycles. The van der Waals surface area contributed by atoms with Gasteiger partial charge in [-0.25, -0.2) is 13.4 Å². The molecule has 2 aromatic rings. The highest BCUT2D eigenvalue weighted by molar-refractivity contribution is 7.92. The smallest absolute Gasteiger partial charge is 0.257 e. The van der Waals surface area contributed by atoms with Crippen molar-refractivity contribution in [1.82, 2.24) is 4.98 Å². The van der Waals surface area contributed by atoms with Crippen LogP contribution in [0, 0.1) is 12.8 Å². The van der Waals surface area contributed by atoms with Crippen LogP contribution in [0.4, 0.5) is 5.13 Å². The number of nitrogens with one attached hydrogen (secondary N) is 1. The summed E-state index contributed by atoms with van der Waals surface area (Å²) in [5.41, 5.74) is 2.71. The van der Waals surface area contributed by atoms with Crippen molar-refractivity contribution in [3.8, 4) is 0 Å². The highest BCUT2D eigenvalue weighted by Crippen LogP contribution is 2.37. The summed E-state index contributed by atoms with van der Waals surface area (Å²) in [6, 6.07) is 5.26. The predicted octanol–water partition coefficient (Wildman–Crippen LogP) is 5.42. The molecule has 0 spiro atoms. The van der Waals surface area contributed by atoms with Crippen molar-refractivity contribution in [3.63, 3.8) is 0 Å². The molecule has 2 saturated carbocycles. The average molecular weight is 517 g/mol. The van der Waals surface area contributed by atoms with Gasteiger partial charge in [0.1, 0.15) is 6.10 Å². The quantitative estimate of drug-likeness (QED) is 0.494. The fourth-order valence-corrected chi connectivity index (χ4v) is 7.47. The van der Waals surface area contributed by atoms with Crippen LogP contribution in [0.25, 0.3) is 5.57 Å². The summed E-state index contributed by atoms with van der Waals surface area (Å²) in [4.78, 5) is 18.4. The summed E-state index contributed by atoms with van der Waals surface area (Å²) in [6.45, 7) is 5.96. The first-order chi connectivity index (χ1) is 16.6. The topological polar surface area (TPSA) is 94.6 Å². The van der Waals surface area contributed by atoms with Crippen molar-refractivity contribution in [2.75, 3.05) is 11.9 Å². The Balaban J connectivity index is 1.39. The third-order valence-electron chi connectivity index (χ3n) is 6.88. The summed E-state index contributed by atoms with van der Waals surface area (Å²) in [5, 5.41) is 5.08. The molecule has 1 unspecified atom stereocenters. The number of nitrogens with zero attached hydrogens (tertiary/aromatic N) is 1. The fourth-order valence-electron chi connectivity index (χ4n) is 4.85. The molecule has 1 atom stereocenters. The minimum absolute atomic E-state index is 0.237. The number of rotatable bonds is 7. The van der Waals surface area contributed by atoms with E-state index in [2.05, 4.69) is 16.4 Å². The molecule has 188 valence electrons. The highest BCUT2D eigenvalue weighted by atomic mass is 32.2. The van der Waals surface area contributed by atoms with Gasteiger partial charge in [-0.2, -0.15) is 0 Å². The van der Waals surface area contributed by atoms with E-state index in [1.807, 2.05) is 32.2 Å². The molecular weight excluding hydrogens is 484 g/mol. The molecule has 1 aliphatic heterocycles. The number of allylic oxidation sites excluding steroid dienone is 1. The number of ether oxygens (including phenoxy) is 2. The lowest BCUT2D eigenvalue weighted by atomic mass is 9.97. The van der Waals surface area contributed by atoms with Crippen molar-refractivity contribution in [2.24, 2.45) is 5.92 Å². The monoisotopic (exact) mass is 516 g/mol. The minimum atomic E-state index is -3.29. The number of sulfone groups is 1. The van der Waals surface area contributed by atoms with Gasteiger partial charge in [0.05, 0.1) is 22.4 Å². The van der Waals surface area contributed by atoms with Gasteiger partial charge in [0.25, 0.3) is 5.91 Å². The van der Waals surface area contributed by atoms with Crippen molar-refractivity contribution in [3.05, 3.63) is 46.5 Å². The minimum Gasteiger partial charge on any atom is -0.347 e. The maximum absolute atomic E-state index is 13.5. The van der Waals surface area contributed by atoms with E-state index in [-0.39, 0.29) is 17.3 Å². The molecule has 2 aliphatic carbocycles. The number of carbonyl (C=O) groups is 1. The molecule has 2 heterocycles. The third-order valence-corrected chi connectivity index (χ3v) is 10.1. The summed E-state index contributed by atoms with van der Waals surface area (Å²) in [6.07, 6.45) is 7.67. The van der Waals surface area contributed by atoms with Crippen LogP contribution in [0.15, 0.2) is 34.6 Å². The Morgan fingerprint density at radius 1 is 1.20 bits per heavy atom. The van der Waals surface area contributed by atoms with Crippen LogP contribution >= 0.6 is 11.3 Å². The van der Waals surface area contributed by atoms with Crippen molar-refractivity contribution in [2.45, 2.75) is 81.3 Å². The Morgan fingerprint density at radius 2 is 1.94 bits per heavy atom. The van der Waals surface area contributed by atoms with Gasteiger partial charge < -0.3 is 9.47 Å². The van der Waals surface area contributed by atoms with Crippen molar-refractivity contribution in [1.29, 1.82) is 0 Å². The summed E-state index contributed by atoms with van der Waals surface area (Å²) < 4.78 is 37.1. The number of aromatic nitrogens is 1. The van der Waals surface area contributed by atoms with Crippen LogP contribution in [-0.2, 0) is 24.1 Å². The van der Waals surface area contributed by atoms with Crippen LogP contribution < -0.4 is 5.32 Å². The molecule has 7 nitrogen and oxygen atoms in total. The number of thiazole rings is 1. The third kappa shape index (κ3) is 5.38. The van der Waals surface area contributed by atoms with Crippen LogP contribution in [-0.4, -0.2) is 37.0 Å². The molecule has 1 saturated heterocycles. The van der Waals surface area contributed by atoms with Crippen molar-refractivity contribution >= 4 is 37.8 Å². The van der Waals surface area contributed by atoms with Gasteiger partial charge in [0.2, 0.25) is 0 Å². The second kappa shape index (κ2) is 9.42. The van der Waals surface area contributed by atoms with Gasteiger partial charge >= 0.3 is 0 Å². The number of benzene rings is 1. The lowest BCUT2D eigenvalue weighted by molar-refractivity contribution is -0.139. The van der Waals surface area contributed by atoms with Gasteiger partial charge in [-0.05, 0) is 75.6 Å². The van der Waals surface area contributed by atoms with E-state index in [1.54, 1.807) is 12.1 Å². The van der Waals surface area contributed by atoms with E-state index in [1.165, 1.54) is 11.3 Å². The number of anilines is 1. The van der Waals surface area contributed by atoms with E-state index in [0.29, 0.717) is 33.7 Å². The molecule has 3 aliphatic rings. The van der Waals surface area contributed by atoms with Crippen molar-refractivity contribution < 1.29 is 22.7 Å². The standard InChI is InChI=1S/C26H32N2O5S2/c1-16-12-18(8-11-23(16)35(30,31)19-9-10-19)20(13-17-6-4-5-7-17)24(29)28-25-27-21(15-34-25)22-14-32-26(2,3)33-22/h8,11-13,15,17,19,22H,4-7,9-10,14H2,1-3H3,(H,27,28,29)/b20-13+. The highest BCUT2D eigenvalue weighted by Gasteiger charge is 2.38. The number of hydrogen-bond donors (Lipinski definition) is 1. The molecule has 5 rings (SSSR count). The van der Waals surface area contributed by atoms with Crippen LogP contribution in [0.1, 0.15) is 75.3 Å². The second-order valence-electron chi connectivity index (χ2n) is 10.2. The average Bonchev–Trinajstić information content (AvgIpc) is 3.18. The van der Waals surface area contributed by atoms with E-state index < -0.39 is 15.6 Å². The Bertz CT molecular complexity index is 1250. The zero-order valence-electron chi connectivity index (χ0n) is 20.4. The maximum atomic E-state index is 13.5. The van der Waals surface area contributed by atoms with Gasteiger partial charge in [0, 0.05) is 11.0 Å². The van der Waals surface area contributed by atoms with Crippen LogP contribution in [0.2, 0.25) is 0 Å². The summed E-state index contributed by atoms with van der Waals surface area (Å²) >= 11 is 1.35. The van der Waals surface area contributed by atoms with E-state index in [4.69, 9.17) is 9.47 Å². The van der Waals surface area contributed by atoms with Gasteiger partial charge in [-0.15, -0.1) is 11.3 Å². The number of carbonyl (C=O) groups excluding carboxylic acids is 1. The largest absolute Gasteiger partial charge is 0.347 e. The number of aryl methyl sites for hydroxylation is 1. The first-order valence-electron chi connectivity index (χ1n) is 12.3. The van der Waals surface area contributed by atoms with Gasteiger partial charge in [-0.1, -0.05) is 25.0 Å². The normalized spacial score (nSPS) is 23.1. The zero-order chi connectivity index (χ0) is 24.8. The molecular formula is C26H32N2O5S2. The maximum Gasteiger partial charge on any atom is 0.257 e. The molecule has 1 amide bonds. The van der Waals surface area contributed by atoms with Crippen LogP contribution in [0.5, 0.6) is 0 Å². The van der Waals surface area contributed by atoms with E-state index >= 15 is 0 Å². The predicted molar refractivity (Wildman–Crippen MR) is 136 cm³/mol. The number of hydrogen-bond acceptors (Lipinski definition) is 7. The molecule has 0 bridgehead atoms. The van der Waals surface area contributed by atoms with E-state index in [0.717, 1.165) is 49.8 Å². The molecule has 1 aromatic carbocycles. The SMILES string of the molecule is Cc1cc(/C(=C\C2CCCC2)C(=O)Nc2nc(C3COC(C)(C)O3)cs2)ccc1S(=O)(=O)C1CC1. The van der Waals surface area contributed by atoms with E-state index in [9.17, 15) is 13.2 Å². The van der Waals surface area contributed by atoms with Gasteiger partial charge in [-0.3, -0.25) is 10.1 Å². The summed E-state index contributed by atoms with van der Waals surface area (Å²) in [7, 11) is -3.29. The first-order valence-corrected chi connectivity index (χ1v) is 14.7. The molecule has 0 radical (unpaired) electrons. The Morgan fingerprint density at radius 3 is 2.57 bits per heavy atom. The Hall–Kier alpha value is -2.07. The first kappa shape index (κ1) is 24.6. The summed E-state index contributed by atoms with van der Waals surface area (Å²) in [5.74, 6) is -0.547. The molecule has 9 heteroatoms. The van der Waals surface area contributed by atoms with Gasteiger partial charge in [0.15, 0.2) is 20.8 Å². The molecule has 35 heavy (non-hydrogen) atoms. The zero-order valence-corrected chi connectivity index (χ0v) is 22.0. The second-order valence-corrected chi connectivity index (χ2v) is 13.3. The Labute approximate surface area is 210 Å². The molecule has 1 N–H and O–H groups in total. The Kier molecular flexibility index (Phi) is 6.63.